The molecule has 0 spiro atoms. The molecule has 0 aromatic carbocycles. The fourth-order valence-electron chi connectivity index (χ4n) is 4.86. The summed E-state index contributed by atoms with van der Waals surface area (Å²) in [5.41, 5.74) is 0.563. The third kappa shape index (κ3) is 4.65. The molecule has 2 fully saturated rings. The van der Waals surface area contributed by atoms with Crippen LogP contribution in [0.15, 0.2) is 36.7 Å². The molecule has 3 N–H and O–H groups in total. The van der Waals surface area contributed by atoms with Gasteiger partial charge in [0.25, 0.3) is 12.3 Å². The van der Waals surface area contributed by atoms with Gasteiger partial charge in [-0.25, -0.2) is 18.6 Å². The van der Waals surface area contributed by atoms with Gasteiger partial charge in [0.05, 0.1) is 17.4 Å². The number of rotatable bonds is 6. The van der Waals surface area contributed by atoms with Crippen molar-refractivity contribution in [2.24, 2.45) is 0 Å². The van der Waals surface area contributed by atoms with Gasteiger partial charge >= 0.3 is 6.09 Å². The van der Waals surface area contributed by atoms with E-state index in [-0.39, 0.29) is 29.5 Å². The van der Waals surface area contributed by atoms with Crippen molar-refractivity contribution < 1.29 is 23.5 Å². The number of nitrogens with zero attached hydrogens (tertiary/aromatic N) is 6. The molecule has 13 heteroatoms. The molecule has 3 aromatic heterocycles. The molecule has 0 aliphatic carbocycles. The molecular formula is C23H26F2N8O3. The molecule has 2 aliphatic rings. The Morgan fingerprint density at radius 2 is 2.00 bits per heavy atom. The summed E-state index contributed by atoms with van der Waals surface area (Å²) in [7, 11) is 0. The van der Waals surface area contributed by atoms with Crippen LogP contribution in [0.2, 0.25) is 0 Å². The topological polar surface area (TPSA) is 132 Å². The van der Waals surface area contributed by atoms with Crippen molar-refractivity contribution >= 4 is 17.7 Å². The normalized spacial score (nSPS) is 20.9. The Morgan fingerprint density at radius 3 is 2.67 bits per heavy atom. The fraction of sp³-hybridized carbons (Fsp3) is 0.435. The summed E-state index contributed by atoms with van der Waals surface area (Å²) in [4.78, 5) is 32.1. The smallest absolute Gasteiger partial charge is 0.407 e. The van der Waals surface area contributed by atoms with E-state index in [2.05, 4.69) is 30.5 Å². The summed E-state index contributed by atoms with van der Waals surface area (Å²) in [6, 6.07) is 6.61. The first-order chi connectivity index (χ1) is 17.3. The molecule has 2 unspecified atom stereocenters. The maximum Gasteiger partial charge on any atom is 0.407 e. The Kier molecular flexibility index (Phi) is 6.39. The Labute approximate surface area is 205 Å². The molecule has 3 aromatic rings. The lowest BCUT2D eigenvalue weighted by Gasteiger charge is -2.48. The predicted octanol–water partition coefficient (Wildman–Crippen LogP) is 3.25. The van der Waals surface area contributed by atoms with Crippen molar-refractivity contribution in [3.05, 3.63) is 48.0 Å². The lowest BCUT2D eigenvalue weighted by molar-refractivity contribution is 0.00724. The van der Waals surface area contributed by atoms with Crippen molar-refractivity contribution in [2.45, 2.75) is 44.3 Å². The highest BCUT2D eigenvalue weighted by atomic mass is 19.3. The maximum absolute atomic E-state index is 13.7. The number of hydrogen-bond donors (Lipinski definition) is 3. The van der Waals surface area contributed by atoms with Crippen LogP contribution < -0.4 is 5.32 Å². The fourth-order valence-corrected chi connectivity index (χ4v) is 4.86. The first kappa shape index (κ1) is 23.9. The van der Waals surface area contributed by atoms with Gasteiger partial charge in [-0.2, -0.15) is 10.2 Å². The molecule has 190 valence electrons. The van der Waals surface area contributed by atoms with E-state index in [4.69, 9.17) is 0 Å². The summed E-state index contributed by atoms with van der Waals surface area (Å²) < 4.78 is 28.9. The number of carbonyl (C=O) groups is 2. The van der Waals surface area contributed by atoms with E-state index in [1.165, 1.54) is 21.8 Å². The minimum absolute atomic E-state index is 0.0520. The van der Waals surface area contributed by atoms with Gasteiger partial charge in [-0.15, -0.1) is 0 Å². The van der Waals surface area contributed by atoms with Crippen LogP contribution in [0.4, 0.5) is 19.3 Å². The minimum Gasteiger partial charge on any atom is -0.465 e. The number of alkyl halides is 2. The maximum atomic E-state index is 13.7. The number of nitrogens with one attached hydrogen (secondary N) is 2. The van der Waals surface area contributed by atoms with Crippen LogP contribution in [0.5, 0.6) is 0 Å². The summed E-state index contributed by atoms with van der Waals surface area (Å²) in [5, 5.41) is 22.6. The molecule has 0 radical (unpaired) electrons. The molecule has 2 saturated heterocycles. The van der Waals surface area contributed by atoms with Crippen LogP contribution in [-0.4, -0.2) is 83.6 Å². The average molecular weight is 501 g/mol. The Morgan fingerprint density at radius 1 is 1.19 bits per heavy atom. The van der Waals surface area contributed by atoms with Gasteiger partial charge in [-0.05, 0) is 38.0 Å². The largest absolute Gasteiger partial charge is 0.465 e. The van der Waals surface area contributed by atoms with Gasteiger partial charge < -0.3 is 15.3 Å². The van der Waals surface area contributed by atoms with Gasteiger partial charge in [-0.1, -0.05) is 6.07 Å². The zero-order valence-corrected chi connectivity index (χ0v) is 19.5. The molecule has 2 amide bonds. The predicted molar refractivity (Wildman–Crippen MR) is 125 cm³/mol. The van der Waals surface area contributed by atoms with Crippen LogP contribution in [0.3, 0.4) is 0 Å². The highest BCUT2D eigenvalue weighted by Gasteiger charge is 2.39. The quantitative estimate of drug-likeness (QED) is 0.473. The third-order valence-corrected chi connectivity index (χ3v) is 6.84. The van der Waals surface area contributed by atoms with E-state index in [0.717, 1.165) is 12.8 Å². The first-order valence-corrected chi connectivity index (χ1v) is 11.7. The van der Waals surface area contributed by atoms with E-state index < -0.39 is 24.1 Å². The molecular weight excluding hydrogens is 474 g/mol. The van der Waals surface area contributed by atoms with Crippen molar-refractivity contribution in [2.75, 3.05) is 25.0 Å². The second kappa shape index (κ2) is 9.64. The van der Waals surface area contributed by atoms with E-state index in [1.54, 1.807) is 24.4 Å². The zero-order chi connectivity index (χ0) is 25.4. The number of aromatic nitrogens is 5. The average Bonchev–Trinajstić information content (AvgIpc) is 3.49. The number of carbonyl (C=O) groups excluding carboxylic acids is 1. The molecule has 5 rings (SSSR count). The van der Waals surface area contributed by atoms with E-state index in [0.29, 0.717) is 31.0 Å². The summed E-state index contributed by atoms with van der Waals surface area (Å²) in [6.07, 6.45) is 0.768. The highest BCUT2D eigenvalue weighted by Crippen LogP contribution is 2.33. The summed E-state index contributed by atoms with van der Waals surface area (Å²) in [6.45, 7) is 3.62. The van der Waals surface area contributed by atoms with Crippen molar-refractivity contribution in [1.29, 1.82) is 0 Å². The molecule has 11 nitrogen and oxygen atoms in total. The lowest BCUT2D eigenvalue weighted by Crippen LogP contribution is -2.57. The number of piperidine rings is 1. The number of likely N-dealkylation sites (tertiary alicyclic amines) is 2. The van der Waals surface area contributed by atoms with Crippen LogP contribution in [0, 0.1) is 0 Å². The summed E-state index contributed by atoms with van der Waals surface area (Å²) in [5.74, 6) is -0.622. The standard InChI is InChI=1S/C23H26F2N8O3/c1-13-9-14(6-8-32(13)23(35)36)31-10-15(11-31)33-12-19(20(30-33)21(24)25)28-22(34)18-4-2-3-16(27-18)17-5-7-26-29-17/h2-5,7,12-15,21H,6,8-11H2,1H3,(H,26,29)(H,28,34)(H,35,36). The minimum atomic E-state index is -2.86. The number of carboxylic acid groups (broad SMARTS) is 1. The number of amides is 2. The second-order valence-corrected chi connectivity index (χ2v) is 9.14. The van der Waals surface area contributed by atoms with Gasteiger partial charge in [0, 0.05) is 44.1 Å². The number of hydrogen-bond acceptors (Lipinski definition) is 6. The van der Waals surface area contributed by atoms with Crippen LogP contribution in [0.1, 0.15) is 48.4 Å². The van der Waals surface area contributed by atoms with Crippen LogP contribution in [0.25, 0.3) is 11.4 Å². The SMILES string of the molecule is CC1CC(N2CC(n3cc(NC(=O)c4cccc(-c5cc[nH]n5)n4)c(C(F)F)n3)C2)CCN1C(=O)O. The summed E-state index contributed by atoms with van der Waals surface area (Å²) >= 11 is 0. The Hall–Kier alpha value is -3.87. The third-order valence-electron chi connectivity index (χ3n) is 6.84. The zero-order valence-electron chi connectivity index (χ0n) is 19.5. The Balaban J connectivity index is 1.25. The first-order valence-electron chi connectivity index (χ1n) is 11.7. The van der Waals surface area contributed by atoms with Crippen LogP contribution in [-0.2, 0) is 0 Å². The number of aromatic amines is 1. The molecule has 2 aliphatic heterocycles. The number of pyridine rings is 1. The van der Waals surface area contributed by atoms with E-state index in [1.807, 2.05) is 6.92 Å². The second-order valence-electron chi connectivity index (χ2n) is 9.14. The van der Waals surface area contributed by atoms with Gasteiger partial charge in [0.15, 0.2) is 5.69 Å². The number of halogens is 2. The van der Waals surface area contributed by atoms with Crippen molar-refractivity contribution in [3.8, 4) is 11.4 Å². The Bertz CT molecular complexity index is 1240. The van der Waals surface area contributed by atoms with Gasteiger partial charge in [-0.3, -0.25) is 19.5 Å². The van der Waals surface area contributed by atoms with Crippen LogP contribution >= 0.6 is 0 Å². The van der Waals surface area contributed by atoms with E-state index in [9.17, 15) is 23.5 Å². The van der Waals surface area contributed by atoms with Crippen molar-refractivity contribution in [3.63, 3.8) is 0 Å². The van der Waals surface area contributed by atoms with E-state index >= 15 is 0 Å². The van der Waals surface area contributed by atoms with Gasteiger partial charge in [0.1, 0.15) is 11.4 Å². The monoisotopic (exact) mass is 500 g/mol. The number of H-pyrrole nitrogens is 1. The molecule has 0 saturated carbocycles. The molecule has 5 heterocycles. The van der Waals surface area contributed by atoms with Gasteiger partial charge in [0.2, 0.25) is 0 Å². The number of anilines is 1. The molecule has 0 bridgehead atoms. The lowest BCUT2D eigenvalue weighted by atomic mass is 9.93. The molecule has 2 atom stereocenters. The van der Waals surface area contributed by atoms with Crippen molar-refractivity contribution in [1.82, 2.24) is 34.8 Å². The molecule has 36 heavy (non-hydrogen) atoms. The highest BCUT2D eigenvalue weighted by molar-refractivity contribution is 6.03.